The van der Waals surface area contributed by atoms with E-state index < -0.39 is 11.9 Å². The molecule has 0 atom stereocenters. The van der Waals surface area contributed by atoms with Gasteiger partial charge in [0.05, 0.1) is 24.3 Å². The predicted octanol–water partition coefficient (Wildman–Crippen LogP) is 1.48. The number of rotatable bonds is 3. The fourth-order valence-corrected chi connectivity index (χ4v) is 2.41. The van der Waals surface area contributed by atoms with E-state index in [-0.39, 0.29) is 5.92 Å². The number of piperidine rings is 1. The van der Waals surface area contributed by atoms with Crippen LogP contribution in [0.4, 0.5) is 5.82 Å². The minimum Gasteiger partial charge on any atom is -0.481 e. The van der Waals surface area contributed by atoms with Crippen LogP contribution < -0.4 is 4.90 Å². The maximum Gasteiger partial charge on any atom is 0.339 e. The van der Waals surface area contributed by atoms with Gasteiger partial charge in [0.2, 0.25) is 0 Å². The lowest BCUT2D eigenvalue weighted by atomic mass is 9.97. The second-order valence-corrected chi connectivity index (χ2v) is 4.89. The molecule has 0 radical (unpaired) electrons. The minimum absolute atomic E-state index is 0.262. The highest BCUT2D eigenvalue weighted by Gasteiger charge is 2.25. The number of carboxylic acid groups (broad SMARTS) is 1. The molecule has 0 spiro atoms. The Kier molecular flexibility index (Phi) is 4.22. The Hall–Kier alpha value is -2.11. The van der Waals surface area contributed by atoms with Crippen molar-refractivity contribution in [2.45, 2.75) is 19.8 Å². The van der Waals surface area contributed by atoms with E-state index in [0.717, 1.165) is 5.82 Å². The summed E-state index contributed by atoms with van der Waals surface area (Å²) in [6, 6.07) is 3.48. The van der Waals surface area contributed by atoms with E-state index in [1.54, 1.807) is 19.1 Å². The standard InChI is InChI=1S/C14H18N2O4/c1-9-11(14(19)20-2)3-4-12(15-9)16-7-5-10(6-8-16)13(17)18/h3-4,10H,5-8H2,1-2H3,(H,17,18). The Morgan fingerprint density at radius 2 is 2.00 bits per heavy atom. The summed E-state index contributed by atoms with van der Waals surface area (Å²) < 4.78 is 4.69. The lowest BCUT2D eigenvalue weighted by molar-refractivity contribution is -0.142. The molecule has 1 aromatic rings. The molecular formula is C14H18N2O4. The molecule has 0 unspecified atom stereocenters. The van der Waals surface area contributed by atoms with E-state index in [4.69, 9.17) is 5.11 Å². The number of aliphatic carboxylic acids is 1. The molecule has 2 heterocycles. The number of hydrogen-bond donors (Lipinski definition) is 1. The van der Waals surface area contributed by atoms with E-state index in [9.17, 15) is 9.59 Å². The maximum absolute atomic E-state index is 11.5. The molecular weight excluding hydrogens is 260 g/mol. The lowest BCUT2D eigenvalue weighted by Crippen LogP contribution is -2.36. The summed E-state index contributed by atoms with van der Waals surface area (Å²) in [6.45, 7) is 3.10. The fourth-order valence-electron chi connectivity index (χ4n) is 2.41. The molecule has 0 aliphatic carbocycles. The number of carbonyl (C=O) groups excluding carboxylic acids is 1. The molecule has 0 saturated carbocycles. The van der Waals surface area contributed by atoms with Crippen molar-refractivity contribution in [1.82, 2.24) is 4.98 Å². The number of nitrogens with zero attached hydrogens (tertiary/aromatic N) is 2. The third-order valence-corrected chi connectivity index (χ3v) is 3.64. The van der Waals surface area contributed by atoms with Crippen molar-refractivity contribution in [2.75, 3.05) is 25.1 Å². The largest absolute Gasteiger partial charge is 0.481 e. The maximum atomic E-state index is 11.5. The number of methoxy groups -OCH3 is 1. The quantitative estimate of drug-likeness (QED) is 0.844. The Bertz CT molecular complexity index is 522. The van der Waals surface area contributed by atoms with Gasteiger partial charge in [0.1, 0.15) is 5.82 Å². The van der Waals surface area contributed by atoms with Crippen LogP contribution in [0.3, 0.4) is 0 Å². The van der Waals surface area contributed by atoms with Gasteiger partial charge in [0.25, 0.3) is 0 Å². The first-order chi connectivity index (χ1) is 9.52. The van der Waals surface area contributed by atoms with Crippen molar-refractivity contribution in [3.8, 4) is 0 Å². The third kappa shape index (κ3) is 2.89. The summed E-state index contributed by atoms with van der Waals surface area (Å²) in [7, 11) is 1.34. The zero-order chi connectivity index (χ0) is 14.7. The number of carboxylic acids is 1. The molecule has 1 aromatic heterocycles. The van der Waals surface area contributed by atoms with Crippen molar-refractivity contribution in [2.24, 2.45) is 5.92 Å². The van der Waals surface area contributed by atoms with Gasteiger partial charge in [-0.3, -0.25) is 4.79 Å². The van der Waals surface area contributed by atoms with Gasteiger partial charge in [-0.25, -0.2) is 9.78 Å². The number of hydrogen-bond acceptors (Lipinski definition) is 5. The lowest BCUT2D eigenvalue weighted by Gasteiger charge is -2.31. The normalized spacial score (nSPS) is 16.0. The Labute approximate surface area is 117 Å². The highest BCUT2D eigenvalue weighted by atomic mass is 16.5. The van der Waals surface area contributed by atoms with Gasteiger partial charge in [-0.1, -0.05) is 0 Å². The second-order valence-electron chi connectivity index (χ2n) is 4.89. The van der Waals surface area contributed by atoms with E-state index >= 15 is 0 Å². The van der Waals surface area contributed by atoms with Crippen molar-refractivity contribution < 1.29 is 19.4 Å². The average Bonchev–Trinajstić information content (AvgIpc) is 2.46. The first-order valence-electron chi connectivity index (χ1n) is 6.56. The van der Waals surface area contributed by atoms with Crippen molar-refractivity contribution in [3.63, 3.8) is 0 Å². The number of aryl methyl sites for hydroxylation is 1. The van der Waals surface area contributed by atoms with Gasteiger partial charge in [-0.05, 0) is 31.9 Å². The van der Waals surface area contributed by atoms with Crippen LogP contribution in [0.15, 0.2) is 12.1 Å². The highest BCUT2D eigenvalue weighted by Crippen LogP contribution is 2.23. The van der Waals surface area contributed by atoms with Gasteiger partial charge < -0.3 is 14.7 Å². The summed E-state index contributed by atoms with van der Waals surface area (Å²) >= 11 is 0. The average molecular weight is 278 g/mol. The van der Waals surface area contributed by atoms with E-state index in [1.165, 1.54) is 7.11 Å². The third-order valence-electron chi connectivity index (χ3n) is 3.64. The number of ether oxygens (including phenoxy) is 1. The fraction of sp³-hybridized carbons (Fsp3) is 0.500. The van der Waals surface area contributed by atoms with Crippen LogP contribution in [0.1, 0.15) is 28.9 Å². The van der Waals surface area contributed by atoms with Crippen LogP contribution >= 0.6 is 0 Å². The van der Waals surface area contributed by atoms with Crippen LogP contribution in [0, 0.1) is 12.8 Å². The molecule has 0 bridgehead atoms. The number of pyridine rings is 1. The van der Waals surface area contributed by atoms with E-state index in [1.807, 2.05) is 4.90 Å². The van der Waals surface area contributed by atoms with Crippen LogP contribution in [-0.4, -0.2) is 42.2 Å². The first-order valence-corrected chi connectivity index (χ1v) is 6.56. The van der Waals surface area contributed by atoms with E-state index in [2.05, 4.69) is 9.72 Å². The summed E-state index contributed by atoms with van der Waals surface area (Å²) in [6.07, 6.45) is 1.24. The van der Waals surface area contributed by atoms with Crippen molar-refractivity contribution in [1.29, 1.82) is 0 Å². The van der Waals surface area contributed by atoms with Crippen LogP contribution in [0.25, 0.3) is 0 Å². The topological polar surface area (TPSA) is 79.7 Å². The smallest absolute Gasteiger partial charge is 0.339 e. The molecule has 108 valence electrons. The number of aromatic nitrogens is 1. The van der Waals surface area contributed by atoms with Crippen LogP contribution in [-0.2, 0) is 9.53 Å². The molecule has 20 heavy (non-hydrogen) atoms. The van der Waals surface area contributed by atoms with Gasteiger partial charge in [-0.15, -0.1) is 0 Å². The van der Waals surface area contributed by atoms with Gasteiger partial charge in [0.15, 0.2) is 0 Å². The van der Waals surface area contributed by atoms with Crippen molar-refractivity contribution >= 4 is 17.8 Å². The molecule has 1 fully saturated rings. The summed E-state index contributed by atoms with van der Waals surface area (Å²) in [5.74, 6) is -0.610. The summed E-state index contributed by atoms with van der Waals surface area (Å²) in [5, 5.41) is 8.98. The second kappa shape index (κ2) is 5.90. The number of anilines is 1. The molecule has 1 aliphatic rings. The number of carbonyl (C=O) groups is 2. The Morgan fingerprint density at radius 1 is 1.35 bits per heavy atom. The van der Waals surface area contributed by atoms with Crippen LogP contribution in [0.2, 0.25) is 0 Å². The molecule has 1 saturated heterocycles. The summed E-state index contributed by atoms with van der Waals surface area (Å²) in [4.78, 5) is 28.9. The first kappa shape index (κ1) is 14.3. The van der Waals surface area contributed by atoms with Gasteiger partial charge in [0, 0.05) is 13.1 Å². The monoisotopic (exact) mass is 278 g/mol. The molecule has 1 N–H and O–H groups in total. The minimum atomic E-state index is -0.727. The summed E-state index contributed by atoms with van der Waals surface area (Å²) in [5.41, 5.74) is 1.08. The molecule has 1 aliphatic heterocycles. The SMILES string of the molecule is COC(=O)c1ccc(N2CCC(C(=O)O)CC2)nc1C. The van der Waals surface area contributed by atoms with Crippen molar-refractivity contribution in [3.05, 3.63) is 23.4 Å². The highest BCUT2D eigenvalue weighted by molar-refractivity contribution is 5.90. The van der Waals surface area contributed by atoms with Gasteiger partial charge >= 0.3 is 11.9 Å². The molecule has 0 aromatic carbocycles. The zero-order valence-corrected chi connectivity index (χ0v) is 11.6. The zero-order valence-electron chi connectivity index (χ0n) is 11.6. The molecule has 0 amide bonds. The molecule has 6 heteroatoms. The number of esters is 1. The Balaban J connectivity index is 2.09. The Morgan fingerprint density at radius 3 is 2.50 bits per heavy atom. The van der Waals surface area contributed by atoms with Gasteiger partial charge in [-0.2, -0.15) is 0 Å². The van der Waals surface area contributed by atoms with Crippen LogP contribution in [0.5, 0.6) is 0 Å². The van der Waals surface area contributed by atoms with E-state index in [0.29, 0.717) is 37.2 Å². The molecule has 6 nitrogen and oxygen atoms in total. The molecule has 2 rings (SSSR count). The predicted molar refractivity (Wildman–Crippen MR) is 72.9 cm³/mol.